The molecule has 1 aromatic rings. The summed E-state index contributed by atoms with van der Waals surface area (Å²) in [6, 6.07) is 2.99. The van der Waals surface area contributed by atoms with Crippen molar-refractivity contribution < 1.29 is 9.52 Å². The fourth-order valence-electron chi connectivity index (χ4n) is 0.890. The molecule has 1 aromatic heterocycles. The molecule has 0 atom stereocenters. The Kier molecular flexibility index (Phi) is 3.23. The molecular weight excluding hydrogens is 180 g/mol. The maximum absolute atomic E-state index is 11.4. The number of carbonyl (C=O) groups excluding carboxylic acids is 1. The lowest BCUT2D eigenvalue weighted by Gasteiger charge is -2.02. The number of pyridine rings is 1. The van der Waals surface area contributed by atoms with Crippen molar-refractivity contribution in [1.82, 2.24) is 4.90 Å². The summed E-state index contributed by atoms with van der Waals surface area (Å²) in [5.74, 6) is -0.112. The first-order valence-corrected chi connectivity index (χ1v) is 4.17. The van der Waals surface area contributed by atoms with E-state index in [9.17, 15) is 10.0 Å². The van der Waals surface area contributed by atoms with E-state index in [4.69, 9.17) is 0 Å². The van der Waals surface area contributed by atoms with Crippen molar-refractivity contribution in [3.05, 3.63) is 47.6 Å². The Balaban J connectivity index is 2.75. The van der Waals surface area contributed by atoms with Gasteiger partial charge in [0.2, 0.25) is 0 Å². The minimum Gasteiger partial charge on any atom is -0.619 e. The zero-order chi connectivity index (χ0) is 10.6. The zero-order valence-corrected chi connectivity index (χ0v) is 8.18. The highest BCUT2D eigenvalue weighted by Crippen LogP contribution is 1.98. The Morgan fingerprint density at radius 1 is 1.43 bits per heavy atom. The van der Waals surface area contributed by atoms with Gasteiger partial charge in [-0.15, -0.1) is 0 Å². The molecular formula is C10H12N2O2. The maximum Gasteiger partial charge on any atom is 0.187 e. The summed E-state index contributed by atoms with van der Waals surface area (Å²) in [4.78, 5) is 13.2. The fraction of sp³-hybridized carbons (Fsp3) is 0.200. The molecule has 0 aliphatic carbocycles. The third-order valence-corrected chi connectivity index (χ3v) is 1.61. The number of rotatable bonds is 3. The van der Waals surface area contributed by atoms with E-state index in [-0.39, 0.29) is 5.78 Å². The minimum absolute atomic E-state index is 0.112. The summed E-state index contributed by atoms with van der Waals surface area (Å²) >= 11 is 0. The number of hydrogen-bond acceptors (Lipinski definition) is 3. The van der Waals surface area contributed by atoms with Gasteiger partial charge in [0.05, 0.1) is 0 Å². The highest BCUT2D eigenvalue weighted by atomic mass is 16.5. The molecule has 0 radical (unpaired) electrons. The molecule has 1 rings (SSSR count). The first-order valence-electron chi connectivity index (χ1n) is 4.17. The lowest BCUT2D eigenvalue weighted by Crippen LogP contribution is -2.24. The van der Waals surface area contributed by atoms with Gasteiger partial charge in [0.1, 0.15) is 0 Å². The second-order valence-electron chi connectivity index (χ2n) is 3.09. The van der Waals surface area contributed by atoms with E-state index in [2.05, 4.69) is 0 Å². The van der Waals surface area contributed by atoms with Crippen LogP contribution in [0.15, 0.2) is 36.8 Å². The van der Waals surface area contributed by atoms with Crippen LogP contribution in [0.1, 0.15) is 10.4 Å². The lowest BCUT2D eigenvalue weighted by molar-refractivity contribution is -0.605. The van der Waals surface area contributed by atoms with Crippen molar-refractivity contribution in [2.45, 2.75) is 0 Å². The summed E-state index contributed by atoms with van der Waals surface area (Å²) < 4.78 is 0.645. The van der Waals surface area contributed by atoms with Crippen molar-refractivity contribution in [2.75, 3.05) is 14.1 Å². The third kappa shape index (κ3) is 2.90. The first-order chi connectivity index (χ1) is 6.59. The largest absolute Gasteiger partial charge is 0.619 e. The van der Waals surface area contributed by atoms with E-state index < -0.39 is 0 Å². The molecule has 0 bridgehead atoms. The van der Waals surface area contributed by atoms with E-state index in [1.165, 1.54) is 30.6 Å². The van der Waals surface area contributed by atoms with Crippen LogP contribution in [-0.4, -0.2) is 24.8 Å². The first kappa shape index (κ1) is 10.2. The van der Waals surface area contributed by atoms with Crippen LogP contribution in [0.5, 0.6) is 0 Å². The summed E-state index contributed by atoms with van der Waals surface area (Å²) in [6.07, 6.45) is 5.73. The summed E-state index contributed by atoms with van der Waals surface area (Å²) in [5.41, 5.74) is 0.509. The second kappa shape index (κ2) is 4.41. The van der Waals surface area contributed by atoms with E-state index >= 15 is 0 Å². The number of carbonyl (C=O) groups is 1. The van der Waals surface area contributed by atoms with Gasteiger partial charge in [0.15, 0.2) is 18.2 Å². The van der Waals surface area contributed by atoms with E-state index in [0.717, 1.165) is 0 Å². The van der Waals surface area contributed by atoms with Gasteiger partial charge in [-0.25, -0.2) is 0 Å². The number of hydrogen-bond donors (Lipinski definition) is 0. The van der Waals surface area contributed by atoms with Gasteiger partial charge in [-0.2, -0.15) is 4.73 Å². The normalized spacial score (nSPS) is 10.4. The molecule has 0 aliphatic heterocycles. The highest BCUT2D eigenvalue weighted by Gasteiger charge is 2.02. The summed E-state index contributed by atoms with van der Waals surface area (Å²) in [6.45, 7) is 0. The van der Waals surface area contributed by atoms with Crippen molar-refractivity contribution in [3.8, 4) is 0 Å². The van der Waals surface area contributed by atoms with Crippen LogP contribution in [-0.2, 0) is 0 Å². The molecule has 0 amide bonds. The number of aromatic nitrogens is 1. The predicted molar refractivity (Wildman–Crippen MR) is 52.6 cm³/mol. The second-order valence-corrected chi connectivity index (χ2v) is 3.09. The Labute approximate surface area is 82.7 Å². The molecule has 0 N–H and O–H groups in total. The Hall–Kier alpha value is -1.84. The number of nitrogens with zero attached hydrogens (tertiary/aromatic N) is 2. The van der Waals surface area contributed by atoms with Crippen LogP contribution in [0.2, 0.25) is 0 Å². The van der Waals surface area contributed by atoms with Crippen LogP contribution < -0.4 is 4.73 Å². The van der Waals surface area contributed by atoms with Gasteiger partial charge >= 0.3 is 0 Å². The fourth-order valence-corrected chi connectivity index (χ4v) is 0.890. The van der Waals surface area contributed by atoms with Crippen molar-refractivity contribution in [1.29, 1.82) is 0 Å². The number of allylic oxidation sites excluding steroid dienone is 1. The molecule has 74 valence electrons. The highest BCUT2D eigenvalue weighted by molar-refractivity contribution is 6.04. The average Bonchev–Trinajstić information content (AvgIpc) is 2.15. The molecule has 0 aromatic carbocycles. The molecule has 4 nitrogen and oxygen atoms in total. The molecule has 0 unspecified atom stereocenters. The lowest BCUT2D eigenvalue weighted by atomic mass is 10.2. The van der Waals surface area contributed by atoms with Gasteiger partial charge in [-0.1, -0.05) is 0 Å². The van der Waals surface area contributed by atoms with Crippen molar-refractivity contribution >= 4 is 5.78 Å². The predicted octanol–water partition coefficient (Wildman–Crippen LogP) is 0.578. The minimum atomic E-state index is -0.112. The standard InChI is InChI=1S/C10H12N2O2/c1-11(2)6-5-10(13)9-3-7-12(14)8-4-9/h3-8H,1-2H3/b6-5+. The average molecular weight is 192 g/mol. The quantitative estimate of drug-likeness (QED) is 0.304. The van der Waals surface area contributed by atoms with Crippen LogP contribution in [0.25, 0.3) is 0 Å². The maximum atomic E-state index is 11.4. The van der Waals surface area contributed by atoms with Gasteiger partial charge in [-0.05, 0) is 0 Å². The van der Waals surface area contributed by atoms with E-state index in [1.807, 2.05) is 14.1 Å². The van der Waals surface area contributed by atoms with Gasteiger partial charge in [0.25, 0.3) is 0 Å². The molecule has 14 heavy (non-hydrogen) atoms. The van der Waals surface area contributed by atoms with Crippen LogP contribution in [0.3, 0.4) is 0 Å². The molecule has 0 spiro atoms. The molecule has 0 aliphatic rings. The molecule has 0 saturated carbocycles. The summed E-state index contributed by atoms with van der Waals surface area (Å²) in [7, 11) is 3.67. The molecule has 0 fully saturated rings. The topological polar surface area (TPSA) is 47.2 Å². The molecule has 1 heterocycles. The van der Waals surface area contributed by atoms with Crippen LogP contribution in [0.4, 0.5) is 0 Å². The van der Waals surface area contributed by atoms with E-state index in [0.29, 0.717) is 10.3 Å². The monoisotopic (exact) mass is 192 g/mol. The zero-order valence-electron chi connectivity index (χ0n) is 8.18. The molecule has 0 saturated heterocycles. The smallest absolute Gasteiger partial charge is 0.187 e. The van der Waals surface area contributed by atoms with Crippen LogP contribution in [0, 0.1) is 5.21 Å². The van der Waals surface area contributed by atoms with Crippen molar-refractivity contribution in [2.24, 2.45) is 0 Å². The SMILES string of the molecule is CN(C)/C=C/C(=O)c1cc[n+]([O-])cc1. The Morgan fingerprint density at radius 3 is 2.50 bits per heavy atom. The summed E-state index contributed by atoms with van der Waals surface area (Å²) in [5, 5.41) is 10.7. The third-order valence-electron chi connectivity index (χ3n) is 1.61. The molecule has 4 heteroatoms. The van der Waals surface area contributed by atoms with Gasteiger partial charge < -0.3 is 10.1 Å². The van der Waals surface area contributed by atoms with Gasteiger partial charge in [-0.3, -0.25) is 4.79 Å². The Bertz CT molecular complexity index is 342. The number of ketones is 1. The van der Waals surface area contributed by atoms with E-state index in [1.54, 1.807) is 11.1 Å². The van der Waals surface area contributed by atoms with Crippen molar-refractivity contribution in [3.63, 3.8) is 0 Å². The Morgan fingerprint density at radius 2 is 2.00 bits per heavy atom. The van der Waals surface area contributed by atoms with Crippen LogP contribution >= 0.6 is 0 Å². The van der Waals surface area contributed by atoms with Gasteiger partial charge in [0, 0.05) is 44.1 Å².